The molecule has 14 heavy (non-hydrogen) atoms. The van der Waals surface area contributed by atoms with Crippen molar-refractivity contribution in [2.75, 3.05) is 19.8 Å². The minimum atomic E-state index is -0.923. The first kappa shape index (κ1) is 9.40. The first-order valence-corrected chi connectivity index (χ1v) is 4.42. The second-order valence-corrected chi connectivity index (χ2v) is 3.27. The summed E-state index contributed by atoms with van der Waals surface area (Å²) in [6.07, 6.45) is 0. The predicted molar refractivity (Wildman–Crippen MR) is 46.2 cm³/mol. The van der Waals surface area contributed by atoms with Crippen LogP contribution in [0, 0.1) is 17.6 Å². The molecule has 1 saturated heterocycles. The fourth-order valence-electron chi connectivity index (χ4n) is 1.18. The highest BCUT2D eigenvalue weighted by atomic mass is 19.2. The number of ether oxygens (including phenoxy) is 2. The first-order valence-electron chi connectivity index (χ1n) is 4.42. The lowest BCUT2D eigenvalue weighted by molar-refractivity contribution is -0.0513. The number of halogens is 2. The zero-order valence-corrected chi connectivity index (χ0v) is 7.50. The van der Waals surface area contributed by atoms with Crippen molar-refractivity contribution < 1.29 is 18.3 Å². The van der Waals surface area contributed by atoms with E-state index in [2.05, 4.69) is 0 Å². The molecule has 0 unspecified atom stereocenters. The van der Waals surface area contributed by atoms with E-state index in [1.54, 1.807) is 0 Å². The van der Waals surface area contributed by atoms with E-state index >= 15 is 0 Å². The molecule has 1 aliphatic heterocycles. The molecule has 2 rings (SSSR count). The molecule has 76 valence electrons. The van der Waals surface area contributed by atoms with Gasteiger partial charge in [-0.2, -0.15) is 4.39 Å². The summed E-state index contributed by atoms with van der Waals surface area (Å²) in [6, 6.07) is 3.90. The highest BCUT2D eigenvalue weighted by Crippen LogP contribution is 2.20. The van der Waals surface area contributed by atoms with E-state index in [1.807, 2.05) is 0 Å². The van der Waals surface area contributed by atoms with Gasteiger partial charge < -0.3 is 9.47 Å². The molecule has 0 spiro atoms. The van der Waals surface area contributed by atoms with E-state index in [4.69, 9.17) is 9.47 Å². The van der Waals surface area contributed by atoms with Crippen LogP contribution in [0.2, 0.25) is 0 Å². The number of hydrogen-bond acceptors (Lipinski definition) is 2. The molecule has 1 heterocycles. The molecule has 1 fully saturated rings. The van der Waals surface area contributed by atoms with Gasteiger partial charge in [0.15, 0.2) is 11.6 Å². The van der Waals surface area contributed by atoms with Crippen molar-refractivity contribution in [3.63, 3.8) is 0 Å². The Bertz CT molecular complexity index is 324. The molecule has 0 atom stereocenters. The van der Waals surface area contributed by atoms with Crippen LogP contribution in [0.3, 0.4) is 0 Å². The van der Waals surface area contributed by atoms with Crippen LogP contribution in [0.1, 0.15) is 0 Å². The summed E-state index contributed by atoms with van der Waals surface area (Å²) < 4.78 is 35.8. The van der Waals surface area contributed by atoms with Gasteiger partial charge in [-0.1, -0.05) is 6.07 Å². The van der Waals surface area contributed by atoms with Gasteiger partial charge in [0, 0.05) is 5.92 Å². The van der Waals surface area contributed by atoms with Crippen molar-refractivity contribution in [3.05, 3.63) is 29.8 Å². The zero-order valence-electron chi connectivity index (χ0n) is 7.50. The van der Waals surface area contributed by atoms with Crippen molar-refractivity contribution in [1.29, 1.82) is 0 Å². The molecule has 2 nitrogen and oxygen atoms in total. The summed E-state index contributed by atoms with van der Waals surface area (Å²) in [5.74, 6) is -1.53. The van der Waals surface area contributed by atoms with Crippen LogP contribution < -0.4 is 4.74 Å². The van der Waals surface area contributed by atoms with Gasteiger partial charge in [-0.15, -0.1) is 0 Å². The van der Waals surface area contributed by atoms with E-state index in [0.29, 0.717) is 25.7 Å². The molecule has 0 aliphatic carbocycles. The maximum atomic E-state index is 13.0. The average Bonchev–Trinajstić information content (AvgIpc) is 2.09. The zero-order chi connectivity index (χ0) is 9.97. The second-order valence-electron chi connectivity index (χ2n) is 3.27. The molecule has 1 aliphatic rings. The molecule has 0 bridgehead atoms. The topological polar surface area (TPSA) is 18.5 Å². The normalized spacial score (nSPS) is 16.4. The van der Waals surface area contributed by atoms with Gasteiger partial charge in [0.2, 0.25) is 5.82 Å². The summed E-state index contributed by atoms with van der Waals surface area (Å²) >= 11 is 0. The Balaban J connectivity index is 1.97. The standard InChI is InChI=1S/C10H10F2O2/c11-8-2-1-3-9(10(8)12)14-6-7-4-13-5-7/h1-3,7H,4-6H2. The fraction of sp³-hybridized carbons (Fsp3) is 0.400. The average molecular weight is 200 g/mol. The number of rotatable bonds is 3. The van der Waals surface area contributed by atoms with Gasteiger partial charge in [0.05, 0.1) is 19.8 Å². The Morgan fingerprint density at radius 3 is 2.79 bits per heavy atom. The van der Waals surface area contributed by atoms with E-state index < -0.39 is 11.6 Å². The van der Waals surface area contributed by atoms with Gasteiger partial charge in [-0.25, -0.2) is 4.39 Å². The quantitative estimate of drug-likeness (QED) is 0.742. The summed E-state index contributed by atoms with van der Waals surface area (Å²) in [5.41, 5.74) is 0. The fourth-order valence-corrected chi connectivity index (χ4v) is 1.18. The van der Waals surface area contributed by atoms with Crippen LogP contribution in [0.25, 0.3) is 0 Å². The Labute approximate surface area is 80.4 Å². The van der Waals surface area contributed by atoms with Crippen LogP contribution in [-0.2, 0) is 4.74 Å². The van der Waals surface area contributed by atoms with Gasteiger partial charge in [0.1, 0.15) is 0 Å². The third-order valence-electron chi connectivity index (χ3n) is 2.10. The second kappa shape index (κ2) is 3.92. The Kier molecular flexibility index (Phi) is 2.63. The molecule has 0 aromatic heterocycles. The molecule has 1 aromatic rings. The van der Waals surface area contributed by atoms with Gasteiger partial charge >= 0.3 is 0 Å². The third kappa shape index (κ3) is 1.85. The van der Waals surface area contributed by atoms with Gasteiger partial charge in [-0.05, 0) is 12.1 Å². The lowest BCUT2D eigenvalue weighted by Gasteiger charge is -2.25. The van der Waals surface area contributed by atoms with E-state index in [0.717, 1.165) is 6.07 Å². The van der Waals surface area contributed by atoms with Crippen molar-refractivity contribution in [3.8, 4) is 5.75 Å². The summed E-state index contributed by atoms with van der Waals surface area (Å²) in [4.78, 5) is 0. The Hall–Kier alpha value is -1.16. The minimum Gasteiger partial charge on any atom is -0.490 e. The van der Waals surface area contributed by atoms with Crippen LogP contribution in [-0.4, -0.2) is 19.8 Å². The van der Waals surface area contributed by atoms with Crippen LogP contribution >= 0.6 is 0 Å². The van der Waals surface area contributed by atoms with Gasteiger partial charge in [-0.3, -0.25) is 0 Å². The number of hydrogen-bond donors (Lipinski definition) is 0. The maximum Gasteiger partial charge on any atom is 0.200 e. The van der Waals surface area contributed by atoms with E-state index in [1.165, 1.54) is 12.1 Å². The Morgan fingerprint density at radius 1 is 1.36 bits per heavy atom. The molecule has 0 radical (unpaired) electrons. The molecule has 0 N–H and O–H groups in total. The van der Waals surface area contributed by atoms with Crippen LogP contribution in [0.15, 0.2) is 18.2 Å². The minimum absolute atomic E-state index is 0.0306. The molecule has 1 aromatic carbocycles. The molecular formula is C10H10F2O2. The SMILES string of the molecule is Fc1cccc(OCC2COC2)c1F. The number of benzene rings is 1. The monoisotopic (exact) mass is 200 g/mol. The van der Waals surface area contributed by atoms with Crippen LogP contribution in [0.5, 0.6) is 5.75 Å². The van der Waals surface area contributed by atoms with Crippen molar-refractivity contribution >= 4 is 0 Å². The summed E-state index contributed by atoms with van der Waals surface area (Å²) in [5, 5.41) is 0. The molecule has 4 heteroatoms. The van der Waals surface area contributed by atoms with E-state index in [9.17, 15) is 8.78 Å². The van der Waals surface area contributed by atoms with Crippen molar-refractivity contribution in [2.24, 2.45) is 5.92 Å². The van der Waals surface area contributed by atoms with Gasteiger partial charge in [0.25, 0.3) is 0 Å². The third-order valence-corrected chi connectivity index (χ3v) is 2.10. The molecular weight excluding hydrogens is 190 g/mol. The van der Waals surface area contributed by atoms with Crippen molar-refractivity contribution in [1.82, 2.24) is 0 Å². The van der Waals surface area contributed by atoms with Crippen molar-refractivity contribution in [2.45, 2.75) is 0 Å². The largest absolute Gasteiger partial charge is 0.490 e. The summed E-state index contributed by atoms with van der Waals surface area (Å²) in [6.45, 7) is 1.65. The highest BCUT2D eigenvalue weighted by molar-refractivity contribution is 5.25. The maximum absolute atomic E-state index is 13.0. The highest BCUT2D eigenvalue weighted by Gasteiger charge is 2.20. The first-order chi connectivity index (χ1) is 6.77. The Morgan fingerprint density at radius 2 is 2.14 bits per heavy atom. The predicted octanol–water partition coefficient (Wildman–Crippen LogP) is 1.99. The summed E-state index contributed by atoms with van der Waals surface area (Å²) in [7, 11) is 0. The molecule has 0 saturated carbocycles. The molecule has 0 amide bonds. The smallest absolute Gasteiger partial charge is 0.200 e. The van der Waals surface area contributed by atoms with Crippen LogP contribution in [0.4, 0.5) is 8.78 Å². The lowest BCUT2D eigenvalue weighted by Crippen LogP contribution is -2.32. The lowest BCUT2D eigenvalue weighted by atomic mass is 10.1. The van der Waals surface area contributed by atoms with E-state index in [-0.39, 0.29) is 5.75 Å².